The molecule has 2 rings (SSSR count). The third kappa shape index (κ3) is 1.87. The first-order valence-electron chi connectivity index (χ1n) is 5.89. The number of nitrogens with two attached hydrogens (primary N) is 1. The van der Waals surface area contributed by atoms with Crippen molar-refractivity contribution >= 4 is 5.82 Å². The Hall–Kier alpha value is -0.990. The Labute approximate surface area is 91.7 Å². The van der Waals surface area contributed by atoms with Gasteiger partial charge in [-0.3, -0.25) is 0 Å². The van der Waals surface area contributed by atoms with Gasteiger partial charge in [0, 0.05) is 5.56 Å². The third-order valence-corrected chi connectivity index (χ3v) is 3.94. The summed E-state index contributed by atoms with van der Waals surface area (Å²) in [6.45, 7) is 6.70. The zero-order valence-corrected chi connectivity index (χ0v) is 9.90. The van der Waals surface area contributed by atoms with Gasteiger partial charge < -0.3 is 5.73 Å². The monoisotopic (exact) mass is 207 g/mol. The van der Waals surface area contributed by atoms with Crippen molar-refractivity contribution < 1.29 is 0 Å². The molecule has 0 aliphatic heterocycles. The highest BCUT2D eigenvalue weighted by Gasteiger charge is 2.27. The van der Waals surface area contributed by atoms with Gasteiger partial charge in [0.15, 0.2) is 0 Å². The first-order chi connectivity index (χ1) is 7.09. The molecule has 1 aromatic heterocycles. The van der Waals surface area contributed by atoms with E-state index in [1.165, 1.54) is 19.3 Å². The van der Waals surface area contributed by atoms with Gasteiger partial charge in [-0.05, 0) is 38.0 Å². The lowest BCUT2D eigenvalue weighted by Gasteiger charge is -2.32. The number of rotatable bonds is 1. The van der Waals surface area contributed by atoms with E-state index in [2.05, 4.69) is 18.9 Å². The molecule has 0 amide bonds. The number of nitrogen functional groups attached to an aromatic ring is 1. The van der Waals surface area contributed by atoms with Crippen molar-refractivity contribution in [2.75, 3.05) is 5.73 Å². The molecule has 1 aliphatic rings. The maximum Gasteiger partial charge on any atom is 0.124 e. The lowest BCUT2D eigenvalue weighted by molar-refractivity contribution is 0.202. The summed E-state index contributed by atoms with van der Waals surface area (Å²) >= 11 is 0. The fourth-order valence-corrected chi connectivity index (χ4v) is 2.49. The predicted molar refractivity (Wildman–Crippen MR) is 62.6 cm³/mol. The van der Waals surface area contributed by atoms with Crippen molar-refractivity contribution in [1.82, 2.24) is 9.78 Å². The summed E-state index contributed by atoms with van der Waals surface area (Å²) in [6.07, 6.45) is 5.60. The quantitative estimate of drug-likeness (QED) is 0.769. The summed E-state index contributed by atoms with van der Waals surface area (Å²) in [6, 6.07) is 0.518. The summed E-state index contributed by atoms with van der Waals surface area (Å²) < 4.78 is 2.03. The molecule has 3 atom stereocenters. The molecule has 1 heterocycles. The van der Waals surface area contributed by atoms with Crippen molar-refractivity contribution in [1.29, 1.82) is 0 Å². The topological polar surface area (TPSA) is 43.8 Å². The van der Waals surface area contributed by atoms with Gasteiger partial charge in [-0.25, -0.2) is 4.68 Å². The van der Waals surface area contributed by atoms with Crippen molar-refractivity contribution in [2.45, 2.75) is 46.1 Å². The van der Waals surface area contributed by atoms with Gasteiger partial charge in [0.1, 0.15) is 5.82 Å². The molecule has 2 N–H and O–H groups in total. The minimum absolute atomic E-state index is 0.518. The molecule has 3 heteroatoms. The Morgan fingerprint density at radius 2 is 2.07 bits per heavy atom. The van der Waals surface area contributed by atoms with Crippen LogP contribution < -0.4 is 5.73 Å². The summed E-state index contributed by atoms with van der Waals surface area (Å²) in [5.41, 5.74) is 7.11. The summed E-state index contributed by atoms with van der Waals surface area (Å²) in [4.78, 5) is 0. The molecular weight excluding hydrogens is 186 g/mol. The summed E-state index contributed by atoms with van der Waals surface area (Å²) in [7, 11) is 0. The van der Waals surface area contributed by atoms with Crippen molar-refractivity contribution in [2.24, 2.45) is 11.8 Å². The minimum Gasteiger partial charge on any atom is -0.384 e. The van der Waals surface area contributed by atoms with Crippen LogP contribution in [0.25, 0.3) is 0 Å². The standard InChI is InChI=1S/C12H21N3/c1-8-4-5-11(6-9(8)2)15-12(13)10(3)7-14-15/h7-9,11H,4-6,13H2,1-3H3. The van der Waals surface area contributed by atoms with Gasteiger partial charge in [-0.2, -0.15) is 5.10 Å². The Bertz CT molecular complexity index is 343. The molecule has 0 radical (unpaired) electrons. The Morgan fingerprint density at radius 3 is 2.60 bits per heavy atom. The normalized spacial score (nSPS) is 31.8. The molecule has 3 nitrogen and oxygen atoms in total. The maximum absolute atomic E-state index is 6.01. The van der Waals surface area contributed by atoms with Gasteiger partial charge in [-0.15, -0.1) is 0 Å². The van der Waals surface area contributed by atoms with E-state index in [-0.39, 0.29) is 0 Å². The maximum atomic E-state index is 6.01. The highest BCUT2D eigenvalue weighted by molar-refractivity contribution is 5.37. The lowest BCUT2D eigenvalue weighted by Crippen LogP contribution is -2.24. The molecule has 15 heavy (non-hydrogen) atoms. The number of anilines is 1. The van der Waals surface area contributed by atoms with E-state index in [9.17, 15) is 0 Å². The van der Waals surface area contributed by atoms with Gasteiger partial charge in [0.05, 0.1) is 12.2 Å². The fraction of sp³-hybridized carbons (Fsp3) is 0.750. The van der Waals surface area contributed by atoms with Crippen LogP contribution in [0.4, 0.5) is 5.82 Å². The van der Waals surface area contributed by atoms with Crippen LogP contribution in [0.5, 0.6) is 0 Å². The Morgan fingerprint density at radius 1 is 1.33 bits per heavy atom. The first-order valence-corrected chi connectivity index (χ1v) is 5.89. The van der Waals surface area contributed by atoms with Crippen LogP contribution in [0.3, 0.4) is 0 Å². The van der Waals surface area contributed by atoms with Crippen molar-refractivity contribution in [3.05, 3.63) is 11.8 Å². The Kier molecular flexibility index (Phi) is 2.72. The Balaban J connectivity index is 2.15. The van der Waals surface area contributed by atoms with E-state index in [0.717, 1.165) is 23.2 Å². The van der Waals surface area contributed by atoms with E-state index in [1.54, 1.807) is 0 Å². The molecule has 84 valence electrons. The van der Waals surface area contributed by atoms with Crippen LogP contribution in [-0.4, -0.2) is 9.78 Å². The molecular formula is C12H21N3. The zero-order valence-electron chi connectivity index (χ0n) is 9.90. The SMILES string of the molecule is Cc1cnn(C2CCC(C)C(C)C2)c1N. The van der Waals surface area contributed by atoms with Crippen molar-refractivity contribution in [3.63, 3.8) is 0 Å². The van der Waals surface area contributed by atoms with Gasteiger partial charge in [0.25, 0.3) is 0 Å². The van der Waals surface area contributed by atoms with E-state index < -0.39 is 0 Å². The predicted octanol–water partition coefficient (Wildman–Crippen LogP) is 2.77. The average molecular weight is 207 g/mol. The molecule has 1 saturated carbocycles. The third-order valence-electron chi connectivity index (χ3n) is 3.94. The van der Waals surface area contributed by atoms with Crippen LogP contribution in [0.2, 0.25) is 0 Å². The van der Waals surface area contributed by atoms with E-state index >= 15 is 0 Å². The first kappa shape index (κ1) is 10.5. The molecule has 1 aliphatic carbocycles. The molecule has 1 aromatic rings. The van der Waals surface area contributed by atoms with Gasteiger partial charge >= 0.3 is 0 Å². The van der Waals surface area contributed by atoms with E-state index in [4.69, 9.17) is 5.73 Å². The molecule has 1 fully saturated rings. The molecule has 0 saturated heterocycles. The molecule has 3 unspecified atom stereocenters. The average Bonchev–Trinajstić information content (AvgIpc) is 2.53. The minimum atomic E-state index is 0.518. The highest BCUT2D eigenvalue weighted by atomic mass is 15.3. The van der Waals surface area contributed by atoms with Crippen LogP contribution >= 0.6 is 0 Å². The largest absolute Gasteiger partial charge is 0.384 e. The van der Waals surface area contributed by atoms with E-state index in [1.807, 2.05) is 17.8 Å². The lowest BCUT2D eigenvalue weighted by atomic mass is 9.79. The summed E-state index contributed by atoms with van der Waals surface area (Å²) in [5, 5.41) is 4.39. The van der Waals surface area contributed by atoms with E-state index in [0.29, 0.717) is 6.04 Å². The van der Waals surface area contributed by atoms with Gasteiger partial charge in [-0.1, -0.05) is 13.8 Å². The van der Waals surface area contributed by atoms with Crippen LogP contribution in [0.1, 0.15) is 44.7 Å². The van der Waals surface area contributed by atoms with Crippen LogP contribution in [0, 0.1) is 18.8 Å². The molecule has 0 spiro atoms. The van der Waals surface area contributed by atoms with Gasteiger partial charge in [0.2, 0.25) is 0 Å². The zero-order chi connectivity index (χ0) is 11.0. The van der Waals surface area contributed by atoms with Crippen LogP contribution in [0.15, 0.2) is 6.20 Å². The molecule has 0 bridgehead atoms. The number of nitrogens with zero attached hydrogens (tertiary/aromatic N) is 2. The number of aryl methyl sites for hydroxylation is 1. The smallest absolute Gasteiger partial charge is 0.124 e. The second-order valence-electron chi connectivity index (χ2n) is 5.08. The van der Waals surface area contributed by atoms with Crippen LogP contribution in [-0.2, 0) is 0 Å². The number of hydrogen-bond acceptors (Lipinski definition) is 2. The highest BCUT2D eigenvalue weighted by Crippen LogP contribution is 2.37. The fourth-order valence-electron chi connectivity index (χ4n) is 2.49. The number of aromatic nitrogens is 2. The second-order valence-corrected chi connectivity index (χ2v) is 5.08. The van der Waals surface area contributed by atoms with Crippen molar-refractivity contribution in [3.8, 4) is 0 Å². The molecule has 0 aromatic carbocycles. The second kappa shape index (κ2) is 3.87. The number of hydrogen-bond donors (Lipinski definition) is 1. The summed E-state index contributed by atoms with van der Waals surface area (Å²) in [5.74, 6) is 2.48.